The van der Waals surface area contributed by atoms with Crippen LogP contribution in [-0.4, -0.2) is 24.3 Å². The molecule has 3 N–H and O–H groups in total. The van der Waals surface area contributed by atoms with Gasteiger partial charge >= 0.3 is 6.03 Å². The predicted octanol–water partition coefficient (Wildman–Crippen LogP) is 6.42. The monoisotopic (exact) mass is 469 g/mol. The second kappa shape index (κ2) is 10.9. The Morgan fingerprint density at radius 1 is 0.938 bits per heavy atom. The summed E-state index contributed by atoms with van der Waals surface area (Å²) in [7, 11) is 1.53. The standard InChI is InChI=1S/C24H24ClN3O3S/c1-15-13-21(22(31-3)14-20(15)25)28-23(29)16(2)32-19-11-9-18(10-12-19)27-24(30)26-17-7-5-4-6-8-17/h4-14,16H,1-3H3,(H,28,29)(H2,26,27,30). The molecule has 0 aliphatic heterocycles. The van der Waals surface area contributed by atoms with Gasteiger partial charge in [0.1, 0.15) is 5.75 Å². The van der Waals surface area contributed by atoms with Crippen LogP contribution in [0.15, 0.2) is 71.6 Å². The van der Waals surface area contributed by atoms with Crippen molar-refractivity contribution < 1.29 is 14.3 Å². The van der Waals surface area contributed by atoms with E-state index in [0.29, 0.717) is 27.8 Å². The molecule has 6 nitrogen and oxygen atoms in total. The van der Waals surface area contributed by atoms with Gasteiger partial charge in [0, 0.05) is 27.4 Å². The lowest BCUT2D eigenvalue weighted by Crippen LogP contribution is -2.22. The van der Waals surface area contributed by atoms with Crippen molar-refractivity contribution in [3.05, 3.63) is 77.3 Å². The number of amides is 3. The zero-order chi connectivity index (χ0) is 23.1. The van der Waals surface area contributed by atoms with Crippen molar-refractivity contribution in [2.24, 2.45) is 0 Å². The lowest BCUT2D eigenvalue weighted by molar-refractivity contribution is -0.115. The fourth-order valence-electron chi connectivity index (χ4n) is 2.85. The summed E-state index contributed by atoms with van der Waals surface area (Å²) in [5.74, 6) is 0.356. The topological polar surface area (TPSA) is 79.5 Å². The second-order valence-corrected chi connectivity index (χ2v) is 8.84. The van der Waals surface area contributed by atoms with E-state index in [0.717, 1.165) is 10.5 Å². The summed E-state index contributed by atoms with van der Waals surface area (Å²) in [4.78, 5) is 25.7. The molecule has 0 heterocycles. The number of methoxy groups -OCH3 is 1. The van der Waals surface area contributed by atoms with E-state index in [1.807, 2.05) is 56.3 Å². The SMILES string of the molecule is COc1cc(Cl)c(C)cc1NC(=O)C(C)Sc1ccc(NC(=O)Nc2ccccc2)cc1. The van der Waals surface area contributed by atoms with Gasteiger partial charge in [0.15, 0.2) is 0 Å². The summed E-state index contributed by atoms with van der Waals surface area (Å²) in [6.07, 6.45) is 0. The van der Waals surface area contributed by atoms with Crippen LogP contribution < -0.4 is 20.7 Å². The minimum Gasteiger partial charge on any atom is -0.495 e. The molecule has 3 rings (SSSR count). The van der Waals surface area contributed by atoms with Gasteiger partial charge in [-0.3, -0.25) is 4.79 Å². The molecule has 1 unspecified atom stereocenters. The van der Waals surface area contributed by atoms with Crippen LogP contribution >= 0.6 is 23.4 Å². The molecule has 0 fully saturated rings. The van der Waals surface area contributed by atoms with E-state index in [-0.39, 0.29) is 17.2 Å². The van der Waals surface area contributed by atoms with Crippen LogP contribution in [0.4, 0.5) is 21.9 Å². The van der Waals surface area contributed by atoms with E-state index in [1.165, 1.54) is 18.9 Å². The molecule has 0 aliphatic carbocycles. The summed E-state index contributed by atoms with van der Waals surface area (Å²) >= 11 is 7.54. The van der Waals surface area contributed by atoms with E-state index >= 15 is 0 Å². The first-order chi connectivity index (χ1) is 15.4. The summed E-state index contributed by atoms with van der Waals surface area (Å²) in [5, 5.41) is 8.68. The van der Waals surface area contributed by atoms with E-state index < -0.39 is 0 Å². The Bertz CT molecular complexity index is 1090. The summed E-state index contributed by atoms with van der Waals surface area (Å²) in [6.45, 7) is 3.69. The van der Waals surface area contributed by atoms with E-state index in [2.05, 4.69) is 16.0 Å². The third-order valence-corrected chi connectivity index (χ3v) is 6.08. The largest absolute Gasteiger partial charge is 0.495 e. The number of thioether (sulfide) groups is 1. The number of rotatable bonds is 7. The summed E-state index contributed by atoms with van der Waals surface area (Å²) < 4.78 is 5.32. The predicted molar refractivity (Wildman–Crippen MR) is 132 cm³/mol. The first kappa shape index (κ1) is 23.5. The Morgan fingerprint density at radius 3 is 2.19 bits per heavy atom. The number of hydrogen-bond donors (Lipinski definition) is 3. The van der Waals surface area contributed by atoms with Gasteiger partial charge in [0.2, 0.25) is 5.91 Å². The molecular weight excluding hydrogens is 446 g/mol. The summed E-state index contributed by atoms with van der Waals surface area (Å²) in [6, 6.07) is 19.7. The molecule has 8 heteroatoms. The van der Waals surface area contributed by atoms with E-state index in [1.54, 1.807) is 24.3 Å². The van der Waals surface area contributed by atoms with Crippen LogP contribution in [0.25, 0.3) is 0 Å². The fourth-order valence-corrected chi connectivity index (χ4v) is 3.87. The van der Waals surface area contributed by atoms with Crippen molar-refractivity contribution in [2.45, 2.75) is 24.0 Å². The number of hydrogen-bond acceptors (Lipinski definition) is 4. The molecular formula is C24H24ClN3O3S. The Morgan fingerprint density at radius 2 is 1.56 bits per heavy atom. The Balaban J connectivity index is 1.56. The van der Waals surface area contributed by atoms with Gasteiger partial charge in [-0.1, -0.05) is 29.8 Å². The smallest absolute Gasteiger partial charge is 0.323 e. The normalized spacial score (nSPS) is 11.4. The zero-order valence-electron chi connectivity index (χ0n) is 17.9. The minimum absolute atomic E-state index is 0.153. The molecule has 1 atom stereocenters. The average molecular weight is 470 g/mol. The average Bonchev–Trinajstić information content (AvgIpc) is 2.78. The quantitative estimate of drug-likeness (QED) is 0.349. The number of carbonyl (C=O) groups is 2. The number of nitrogens with one attached hydrogen (secondary N) is 3. The van der Waals surface area contributed by atoms with Gasteiger partial charge < -0.3 is 20.7 Å². The molecule has 0 spiro atoms. The number of benzene rings is 3. The molecule has 3 aromatic rings. The maximum Gasteiger partial charge on any atom is 0.323 e. The molecule has 0 saturated heterocycles. The van der Waals surface area contributed by atoms with Gasteiger partial charge in [-0.05, 0) is 61.9 Å². The lowest BCUT2D eigenvalue weighted by Gasteiger charge is -2.15. The zero-order valence-corrected chi connectivity index (χ0v) is 19.5. The van der Waals surface area contributed by atoms with E-state index in [4.69, 9.17) is 16.3 Å². The Hall–Kier alpha value is -3.16. The van der Waals surface area contributed by atoms with Crippen molar-refractivity contribution in [1.29, 1.82) is 0 Å². The molecule has 0 radical (unpaired) electrons. The van der Waals surface area contributed by atoms with Crippen LogP contribution in [0.3, 0.4) is 0 Å². The van der Waals surface area contributed by atoms with Gasteiger partial charge in [0.25, 0.3) is 0 Å². The van der Waals surface area contributed by atoms with Gasteiger partial charge in [-0.15, -0.1) is 11.8 Å². The second-order valence-electron chi connectivity index (χ2n) is 7.02. The van der Waals surface area contributed by atoms with Crippen molar-refractivity contribution in [3.8, 4) is 5.75 Å². The number of carbonyl (C=O) groups excluding carboxylic acids is 2. The van der Waals surface area contributed by atoms with Gasteiger partial charge in [-0.25, -0.2) is 4.79 Å². The molecule has 32 heavy (non-hydrogen) atoms. The molecule has 166 valence electrons. The number of ether oxygens (including phenoxy) is 1. The van der Waals surface area contributed by atoms with Crippen molar-refractivity contribution >= 4 is 52.4 Å². The van der Waals surface area contributed by atoms with Crippen LogP contribution in [0.5, 0.6) is 5.75 Å². The third kappa shape index (κ3) is 6.42. The molecule has 0 aliphatic rings. The molecule has 3 aromatic carbocycles. The number of anilines is 3. The van der Waals surface area contributed by atoms with Crippen LogP contribution in [-0.2, 0) is 4.79 Å². The Kier molecular flexibility index (Phi) is 8.03. The van der Waals surface area contributed by atoms with Crippen molar-refractivity contribution in [3.63, 3.8) is 0 Å². The first-order valence-electron chi connectivity index (χ1n) is 9.90. The molecule has 0 saturated carbocycles. The minimum atomic E-state index is -0.351. The maximum absolute atomic E-state index is 12.7. The number of urea groups is 1. The van der Waals surface area contributed by atoms with Crippen LogP contribution in [0.2, 0.25) is 5.02 Å². The highest BCUT2D eigenvalue weighted by atomic mass is 35.5. The highest BCUT2D eigenvalue weighted by Crippen LogP contribution is 2.32. The van der Waals surface area contributed by atoms with Crippen molar-refractivity contribution in [1.82, 2.24) is 0 Å². The first-order valence-corrected chi connectivity index (χ1v) is 11.2. The highest BCUT2D eigenvalue weighted by molar-refractivity contribution is 8.00. The van der Waals surface area contributed by atoms with Crippen LogP contribution in [0.1, 0.15) is 12.5 Å². The van der Waals surface area contributed by atoms with Gasteiger partial charge in [0.05, 0.1) is 18.0 Å². The molecule has 0 bridgehead atoms. The number of aryl methyl sites for hydroxylation is 1. The van der Waals surface area contributed by atoms with Gasteiger partial charge in [-0.2, -0.15) is 0 Å². The third-order valence-electron chi connectivity index (χ3n) is 4.56. The Labute approximate surface area is 196 Å². The fraction of sp³-hybridized carbons (Fsp3) is 0.167. The van der Waals surface area contributed by atoms with Crippen LogP contribution in [0, 0.1) is 6.92 Å². The summed E-state index contributed by atoms with van der Waals surface area (Å²) in [5.41, 5.74) is 2.80. The molecule has 0 aromatic heterocycles. The molecule has 3 amide bonds. The highest BCUT2D eigenvalue weighted by Gasteiger charge is 2.17. The van der Waals surface area contributed by atoms with Crippen molar-refractivity contribution in [2.75, 3.05) is 23.1 Å². The number of halogens is 1. The maximum atomic E-state index is 12.7. The van der Waals surface area contributed by atoms with E-state index in [9.17, 15) is 9.59 Å². The lowest BCUT2D eigenvalue weighted by atomic mass is 10.2. The number of para-hydroxylation sites is 1.